The van der Waals surface area contributed by atoms with E-state index in [1.165, 1.54) is 18.2 Å². The second kappa shape index (κ2) is 6.68. The molecule has 0 amide bonds. The Morgan fingerprint density at radius 2 is 2.20 bits per heavy atom. The van der Waals surface area contributed by atoms with Crippen molar-refractivity contribution < 1.29 is 14.5 Å². The molecular weight excluding hydrogens is 284 g/mol. The standard InChI is InChI=1S/C13H11ClN2O4/c1-8(2)20-13(17)10(7-15)5-9-6-11(14)3-4-12(9)16(18)19/h3-6,8H,1-2H3/b10-5+. The van der Waals surface area contributed by atoms with Crippen LogP contribution >= 0.6 is 11.6 Å². The summed E-state index contributed by atoms with van der Waals surface area (Å²) in [6.45, 7) is 3.27. The van der Waals surface area contributed by atoms with E-state index in [1.807, 2.05) is 0 Å². The van der Waals surface area contributed by atoms with Crippen molar-refractivity contribution in [1.29, 1.82) is 5.26 Å². The van der Waals surface area contributed by atoms with E-state index in [1.54, 1.807) is 19.9 Å². The molecule has 0 heterocycles. The van der Waals surface area contributed by atoms with Gasteiger partial charge in [-0.1, -0.05) is 11.6 Å². The van der Waals surface area contributed by atoms with Gasteiger partial charge in [-0.05, 0) is 32.1 Å². The van der Waals surface area contributed by atoms with Crippen LogP contribution in [0.25, 0.3) is 6.08 Å². The normalized spacial score (nSPS) is 11.1. The number of ether oxygens (including phenoxy) is 1. The molecule has 0 saturated heterocycles. The Kier molecular flexibility index (Phi) is 5.23. The van der Waals surface area contributed by atoms with Crippen molar-refractivity contribution >= 4 is 29.3 Å². The summed E-state index contributed by atoms with van der Waals surface area (Å²) in [4.78, 5) is 21.9. The van der Waals surface area contributed by atoms with Gasteiger partial charge in [-0.25, -0.2) is 4.79 Å². The first-order chi connectivity index (χ1) is 9.35. The SMILES string of the molecule is CC(C)OC(=O)/C(C#N)=C/c1cc(Cl)ccc1[N+](=O)[O-]. The van der Waals surface area contributed by atoms with E-state index in [0.29, 0.717) is 0 Å². The highest BCUT2D eigenvalue weighted by molar-refractivity contribution is 6.30. The zero-order chi connectivity index (χ0) is 15.3. The van der Waals surface area contributed by atoms with E-state index >= 15 is 0 Å². The fourth-order valence-corrected chi connectivity index (χ4v) is 1.56. The number of carbonyl (C=O) groups excluding carboxylic acids is 1. The fraction of sp³-hybridized carbons (Fsp3) is 0.231. The van der Waals surface area contributed by atoms with Crippen LogP contribution in [0, 0.1) is 21.4 Å². The lowest BCUT2D eigenvalue weighted by molar-refractivity contribution is -0.385. The molecule has 0 unspecified atom stereocenters. The Hall–Kier alpha value is -2.39. The van der Waals surface area contributed by atoms with Gasteiger partial charge in [0.05, 0.1) is 16.6 Å². The lowest BCUT2D eigenvalue weighted by Gasteiger charge is -2.06. The van der Waals surface area contributed by atoms with Gasteiger partial charge in [0.15, 0.2) is 0 Å². The number of nitriles is 1. The van der Waals surface area contributed by atoms with Crippen LogP contribution in [0.4, 0.5) is 5.69 Å². The number of hydrogen-bond donors (Lipinski definition) is 0. The monoisotopic (exact) mass is 294 g/mol. The third kappa shape index (κ3) is 4.07. The minimum Gasteiger partial charge on any atom is -0.459 e. The van der Waals surface area contributed by atoms with Crippen LogP contribution < -0.4 is 0 Å². The Morgan fingerprint density at radius 3 is 2.70 bits per heavy atom. The van der Waals surface area contributed by atoms with Gasteiger partial charge in [-0.3, -0.25) is 10.1 Å². The minimum absolute atomic E-state index is 0.0692. The smallest absolute Gasteiger partial charge is 0.349 e. The maximum absolute atomic E-state index is 11.6. The highest BCUT2D eigenvalue weighted by Gasteiger charge is 2.17. The minimum atomic E-state index is -0.836. The average Bonchev–Trinajstić information content (AvgIpc) is 2.34. The molecule has 0 saturated carbocycles. The quantitative estimate of drug-likeness (QED) is 0.280. The summed E-state index contributed by atoms with van der Waals surface area (Å²) in [6, 6.07) is 5.53. The summed E-state index contributed by atoms with van der Waals surface area (Å²) < 4.78 is 4.87. The molecular formula is C13H11ClN2O4. The van der Waals surface area contributed by atoms with Crippen LogP contribution in [0.3, 0.4) is 0 Å². The largest absolute Gasteiger partial charge is 0.459 e. The summed E-state index contributed by atoms with van der Waals surface area (Å²) in [5.74, 6) is -0.836. The maximum Gasteiger partial charge on any atom is 0.349 e. The number of hydrogen-bond acceptors (Lipinski definition) is 5. The molecule has 0 aliphatic rings. The van der Waals surface area contributed by atoms with E-state index in [2.05, 4.69) is 0 Å². The van der Waals surface area contributed by atoms with Gasteiger partial charge in [0.25, 0.3) is 5.69 Å². The summed E-state index contributed by atoms with van der Waals surface area (Å²) >= 11 is 5.76. The molecule has 0 aromatic heterocycles. The molecule has 0 radical (unpaired) electrons. The zero-order valence-electron chi connectivity index (χ0n) is 10.8. The molecule has 1 rings (SSSR count). The highest BCUT2D eigenvalue weighted by atomic mass is 35.5. The van der Waals surface area contributed by atoms with Crippen molar-refractivity contribution in [2.24, 2.45) is 0 Å². The molecule has 1 aromatic rings. The molecule has 0 aliphatic carbocycles. The van der Waals surface area contributed by atoms with Crippen molar-refractivity contribution in [2.75, 3.05) is 0 Å². The van der Waals surface area contributed by atoms with Crippen LogP contribution in [-0.4, -0.2) is 17.0 Å². The van der Waals surface area contributed by atoms with Crippen LogP contribution in [0.1, 0.15) is 19.4 Å². The van der Waals surface area contributed by atoms with Crippen LogP contribution in [-0.2, 0) is 9.53 Å². The van der Waals surface area contributed by atoms with E-state index < -0.39 is 17.0 Å². The third-order valence-electron chi connectivity index (χ3n) is 2.17. The first-order valence-corrected chi connectivity index (χ1v) is 5.99. The van der Waals surface area contributed by atoms with E-state index in [0.717, 1.165) is 6.08 Å². The summed E-state index contributed by atoms with van der Waals surface area (Å²) in [6.07, 6.45) is 0.697. The predicted molar refractivity (Wildman–Crippen MR) is 72.9 cm³/mol. The number of nitrogens with zero attached hydrogens (tertiary/aromatic N) is 2. The van der Waals surface area contributed by atoms with Crippen molar-refractivity contribution in [3.8, 4) is 6.07 Å². The summed E-state index contributed by atoms with van der Waals surface area (Å²) in [5, 5.41) is 20.1. The van der Waals surface area contributed by atoms with Gasteiger partial charge in [-0.15, -0.1) is 0 Å². The third-order valence-corrected chi connectivity index (χ3v) is 2.40. The number of benzene rings is 1. The molecule has 0 aliphatic heterocycles. The van der Waals surface area contributed by atoms with Gasteiger partial charge in [0.2, 0.25) is 0 Å². The number of rotatable bonds is 4. The maximum atomic E-state index is 11.6. The fourth-order valence-electron chi connectivity index (χ4n) is 1.38. The number of halogens is 1. The molecule has 104 valence electrons. The lowest BCUT2D eigenvalue weighted by Crippen LogP contribution is -2.12. The summed E-state index contributed by atoms with van der Waals surface area (Å²) in [5.41, 5.74) is -0.511. The first-order valence-electron chi connectivity index (χ1n) is 5.62. The number of nitro groups is 1. The molecule has 0 fully saturated rings. The van der Waals surface area contributed by atoms with Crippen LogP contribution in [0.5, 0.6) is 0 Å². The second-order valence-electron chi connectivity index (χ2n) is 4.08. The molecule has 0 atom stereocenters. The molecule has 0 bridgehead atoms. The van der Waals surface area contributed by atoms with Crippen molar-refractivity contribution in [1.82, 2.24) is 0 Å². The Balaban J connectivity index is 3.26. The molecule has 0 N–H and O–H groups in total. The van der Waals surface area contributed by atoms with Crippen molar-refractivity contribution in [3.63, 3.8) is 0 Å². The molecule has 1 aromatic carbocycles. The van der Waals surface area contributed by atoms with Crippen LogP contribution in [0.2, 0.25) is 5.02 Å². The van der Waals surface area contributed by atoms with Gasteiger partial charge in [0, 0.05) is 11.1 Å². The first kappa shape index (κ1) is 15.7. The van der Waals surface area contributed by atoms with E-state index in [-0.39, 0.29) is 21.8 Å². The van der Waals surface area contributed by atoms with Crippen molar-refractivity contribution in [3.05, 3.63) is 44.5 Å². The van der Waals surface area contributed by atoms with Crippen molar-refractivity contribution in [2.45, 2.75) is 20.0 Å². The van der Waals surface area contributed by atoms with Crippen LogP contribution in [0.15, 0.2) is 23.8 Å². The molecule has 20 heavy (non-hydrogen) atoms. The Labute approximate surface area is 120 Å². The lowest BCUT2D eigenvalue weighted by atomic mass is 10.1. The highest BCUT2D eigenvalue weighted by Crippen LogP contribution is 2.25. The van der Waals surface area contributed by atoms with Gasteiger partial charge >= 0.3 is 5.97 Å². The zero-order valence-corrected chi connectivity index (χ0v) is 11.5. The molecule has 0 spiro atoms. The topological polar surface area (TPSA) is 93.2 Å². The second-order valence-corrected chi connectivity index (χ2v) is 4.52. The summed E-state index contributed by atoms with van der Waals surface area (Å²) in [7, 11) is 0. The average molecular weight is 295 g/mol. The van der Waals surface area contributed by atoms with Gasteiger partial charge < -0.3 is 4.74 Å². The Bertz CT molecular complexity index is 617. The van der Waals surface area contributed by atoms with E-state index in [9.17, 15) is 14.9 Å². The number of carbonyl (C=O) groups is 1. The predicted octanol–water partition coefficient (Wildman–Crippen LogP) is 3.11. The molecule has 7 heteroatoms. The molecule has 6 nitrogen and oxygen atoms in total. The van der Waals surface area contributed by atoms with Gasteiger partial charge in [0.1, 0.15) is 11.6 Å². The van der Waals surface area contributed by atoms with E-state index in [4.69, 9.17) is 21.6 Å². The number of nitro benzene ring substituents is 1. The van der Waals surface area contributed by atoms with Gasteiger partial charge in [-0.2, -0.15) is 5.26 Å². The Morgan fingerprint density at radius 1 is 1.55 bits per heavy atom. The number of esters is 1.